The fraction of sp³-hybridized carbons (Fsp3) is 0.500. The molecule has 0 aromatic heterocycles. The van der Waals surface area contributed by atoms with Crippen molar-refractivity contribution < 1.29 is 14.6 Å². The summed E-state index contributed by atoms with van der Waals surface area (Å²) >= 11 is 0. The number of nitrogen functional groups attached to an aromatic ring is 1. The van der Waals surface area contributed by atoms with Gasteiger partial charge in [0.2, 0.25) is 0 Å². The second-order valence-corrected chi connectivity index (χ2v) is 5.04. The van der Waals surface area contributed by atoms with Crippen LogP contribution in [0.5, 0.6) is 5.75 Å². The lowest BCUT2D eigenvalue weighted by Gasteiger charge is -2.34. The second kappa shape index (κ2) is 5.48. The number of likely N-dealkylation sites (tertiary alicyclic amines) is 1. The molecule has 1 aromatic rings. The van der Waals surface area contributed by atoms with Crippen molar-refractivity contribution in [2.24, 2.45) is 5.92 Å². The molecular weight excluding hydrogens is 244 g/mol. The van der Waals surface area contributed by atoms with Crippen LogP contribution in [-0.4, -0.2) is 42.2 Å². The molecule has 0 aliphatic carbocycles. The van der Waals surface area contributed by atoms with E-state index < -0.39 is 0 Å². The van der Waals surface area contributed by atoms with Crippen LogP contribution in [0, 0.1) is 5.92 Å². The number of anilines is 1. The summed E-state index contributed by atoms with van der Waals surface area (Å²) in [5, 5.41) is 9.71. The molecule has 3 N–H and O–H groups in total. The van der Waals surface area contributed by atoms with E-state index in [0.29, 0.717) is 36.5 Å². The van der Waals surface area contributed by atoms with Crippen LogP contribution in [-0.2, 0) is 0 Å². The first-order valence-electron chi connectivity index (χ1n) is 6.43. The molecular formula is C14H20N2O3. The Morgan fingerprint density at radius 2 is 2.26 bits per heavy atom. The summed E-state index contributed by atoms with van der Waals surface area (Å²) in [5.74, 6) is 0.511. The van der Waals surface area contributed by atoms with Crippen LogP contribution in [0.4, 0.5) is 5.69 Å². The predicted octanol–water partition coefficient (Wildman–Crippen LogP) is 1.12. The molecule has 1 aliphatic rings. The summed E-state index contributed by atoms with van der Waals surface area (Å²) in [6.45, 7) is 3.08. The van der Waals surface area contributed by atoms with Crippen molar-refractivity contribution in [3.63, 3.8) is 0 Å². The smallest absolute Gasteiger partial charge is 0.257 e. The molecule has 2 rings (SSSR count). The molecule has 104 valence electrons. The number of nitrogens with zero attached hydrogens (tertiary/aromatic N) is 1. The Bertz CT molecular complexity index is 476. The van der Waals surface area contributed by atoms with Gasteiger partial charge in [0, 0.05) is 24.8 Å². The van der Waals surface area contributed by atoms with E-state index in [0.717, 1.165) is 0 Å². The lowest BCUT2D eigenvalue weighted by molar-refractivity contribution is 0.0296. The molecule has 1 amide bonds. The molecule has 5 heteroatoms. The van der Waals surface area contributed by atoms with Crippen molar-refractivity contribution in [2.75, 3.05) is 25.9 Å². The van der Waals surface area contributed by atoms with Crippen molar-refractivity contribution in [2.45, 2.75) is 19.4 Å². The molecule has 19 heavy (non-hydrogen) atoms. The number of benzene rings is 1. The molecule has 1 fully saturated rings. The number of amides is 1. The average Bonchev–Trinajstić information content (AvgIpc) is 2.41. The molecule has 0 spiro atoms. The number of nitrogens with two attached hydrogens (primary N) is 1. The number of hydrogen-bond donors (Lipinski definition) is 2. The molecule has 1 saturated heterocycles. The van der Waals surface area contributed by atoms with E-state index in [1.807, 2.05) is 6.92 Å². The summed E-state index contributed by atoms with van der Waals surface area (Å²) in [5.41, 5.74) is 6.76. The molecule has 1 aromatic carbocycles. The number of carbonyl (C=O) groups excluding carboxylic acids is 1. The van der Waals surface area contributed by atoms with E-state index in [4.69, 9.17) is 10.5 Å². The maximum Gasteiger partial charge on any atom is 0.257 e. The zero-order valence-electron chi connectivity index (χ0n) is 11.3. The highest BCUT2D eigenvalue weighted by molar-refractivity contribution is 5.97. The molecule has 5 nitrogen and oxygen atoms in total. The van der Waals surface area contributed by atoms with Crippen molar-refractivity contribution >= 4 is 11.6 Å². The van der Waals surface area contributed by atoms with E-state index in [1.165, 1.54) is 7.11 Å². The Morgan fingerprint density at radius 1 is 1.53 bits per heavy atom. The van der Waals surface area contributed by atoms with Crippen LogP contribution in [0.25, 0.3) is 0 Å². The monoisotopic (exact) mass is 264 g/mol. The number of carbonyl (C=O) groups is 1. The van der Waals surface area contributed by atoms with Gasteiger partial charge in [0.15, 0.2) is 0 Å². The summed E-state index contributed by atoms with van der Waals surface area (Å²) in [7, 11) is 1.52. The molecule has 0 bridgehead atoms. The van der Waals surface area contributed by atoms with Crippen LogP contribution >= 0.6 is 0 Å². The van der Waals surface area contributed by atoms with Gasteiger partial charge in [-0.2, -0.15) is 0 Å². The molecule has 2 atom stereocenters. The molecule has 1 heterocycles. The van der Waals surface area contributed by atoms with Crippen LogP contribution in [0.15, 0.2) is 18.2 Å². The summed E-state index contributed by atoms with van der Waals surface area (Å²) in [6, 6.07) is 5.03. The first-order chi connectivity index (χ1) is 9.02. The number of ether oxygens (including phenoxy) is 1. The second-order valence-electron chi connectivity index (χ2n) is 5.04. The first-order valence-corrected chi connectivity index (χ1v) is 6.43. The lowest BCUT2D eigenvalue weighted by atomic mass is 9.96. The maximum absolute atomic E-state index is 12.5. The van der Waals surface area contributed by atoms with E-state index in [-0.39, 0.29) is 17.9 Å². The Balaban J connectivity index is 2.20. The van der Waals surface area contributed by atoms with E-state index >= 15 is 0 Å². The van der Waals surface area contributed by atoms with Crippen LogP contribution < -0.4 is 10.5 Å². The lowest BCUT2D eigenvalue weighted by Crippen LogP contribution is -2.45. The summed E-state index contributed by atoms with van der Waals surface area (Å²) in [6.07, 6.45) is 0.293. The quantitative estimate of drug-likeness (QED) is 0.785. The van der Waals surface area contributed by atoms with E-state index in [1.54, 1.807) is 23.1 Å². The van der Waals surface area contributed by atoms with Crippen molar-refractivity contribution in [3.8, 4) is 5.75 Å². The third-order valence-corrected chi connectivity index (χ3v) is 3.60. The topological polar surface area (TPSA) is 75.8 Å². The van der Waals surface area contributed by atoms with Crippen LogP contribution in [0.3, 0.4) is 0 Å². The minimum absolute atomic E-state index is 0.0735. The Morgan fingerprint density at radius 3 is 2.89 bits per heavy atom. The van der Waals surface area contributed by atoms with Crippen LogP contribution in [0.2, 0.25) is 0 Å². The number of rotatable bonds is 2. The zero-order valence-corrected chi connectivity index (χ0v) is 11.3. The van der Waals surface area contributed by atoms with Gasteiger partial charge in [-0.15, -0.1) is 0 Å². The van der Waals surface area contributed by atoms with Crippen molar-refractivity contribution in [1.82, 2.24) is 4.90 Å². The third-order valence-electron chi connectivity index (χ3n) is 3.60. The molecule has 0 radical (unpaired) electrons. The zero-order chi connectivity index (χ0) is 14.0. The number of piperidine rings is 1. The highest BCUT2D eigenvalue weighted by Crippen LogP contribution is 2.25. The Labute approximate surface area is 113 Å². The summed E-state index contributed by atoms with van der Waals surface area (Å²) in [4.78, 5) is 14.2. The fourth-order valence-electron chi connectivity index (χ4n) is 2.37. The first kappa shape index (κ1) is 13.7. The van der Waals surface area contributed by atoms with Gasteiger partial charge in [0.05, 0.1) is 18.8 Å². The highest BCUT2D eigenvalue weighted by atomic mass is 16.5. The van der Waals surface area contributed by atoms with Crippen LogP contribution in [0.1, 0.15) is 23.7 Å². The standard InChI is InChI=1S/C14H20N2O3/c1-9-8-16(6-5-12(9)17)14(18)11-4-3-10(15)7-13(11)19-2/h3-4,7,9,12,17H,5-6,8,15H2,1-2H3. The third kappa shape index (κ3) is 2.81. The molecule has 2 unspecified atom stereocenters. The number of hydrogen-bond acceptors (Lipinski definition) is 4. The van der Waals surface area contributed by atoms with Gasteiger partial charge in [0.25, 0.3) is 5.91 Å². The number of aliphatic hydroxyl groups is 1. The predicted molar refractivity (Wildman–Crippen MR) is 73.1 cm³/mol. The van der Waals surface area contributed by atoms with Gasteiger partial charge in [-0.1, -0.05) is 6.92 Å². The largest absolute Gasteiger partial charge is 0.496 e. The average molecular weight is 264 g/mol. The maximum atomic E-state index is 12.5. The minimum atomic E-state index is -0.322. The van der Waals surface area contributed by atoms with E-state index in [9.17, 15) is 9.90 Å². The number of methoxy groups -OCH3 is 1. The van der Waals surface area contributed by atoms with Gasteiger partial charge >= 0.3 is 0 Å². The van der Waals surface area contributed by atoms with Gasteiger partial charge in [-0.3, -0.25) is 4.79 Å². The molecule has 1 aliphatic heterocycles. The summed E-state index contributed by atoms with van der Waals surface area (Å²) < 4.78 is 5.21. The minimum Gasteiger partial charge on any atom is -0.496 e. The normalized spacial score (nSPS) is 23.2. The van der Waals surface area contributed by atoms with Crippen molar-refractivity contribution in [1.29, 1.82) is 0 Å². The van der Waals surface area contributed by atoms with Gasteiger partial charge < -0.3 is 20.5 Å². The van der Waals surface area contributed by atoms with E-state index in [2.05, 4.69) is 0 Å². The number of aliphatic hydroxyl groups excluding tert-OH is 1. The fourth-order valence-corrected chi connectivity index (χ4v) is 2.37. The van der Waals surface area contributed by atoms with Crippen molar-refractivity contribution in [3.05, 3.63) is 23.8 Å². The van der Waals surface area contributed by atoms with Gasteiger partial charge in [-0.25, -0.2) is 0 Å². The molecule has 0 saturated carbocycles. The Hall–Kier alpha value is -1.75. The van der Waals surface area contributed by atoms with Gasteiger partial charge in [-0.05, 0) is 24.5 Å². The SMILES string of the molecule is COc1cc(N)ccc1C(=O)N1CCC(O)C(C)C1. The van der Waals surface area contributed by atoms with Gasteiger partial charge in [0.1, 0.15) is 5.75 Å². The Kier molecular flexibility index (Phi) is 3.95. The highest BCUT2D eigenvalue weighted by Gasteiger charge is 2.28.